The van der Waals surface area contributed by atoms with E-state index in [0.29, 0.717) is 5.82 Å². The van der Waals surface area contributed by atoms with Crippen LogP contribution in [-0.4, -0.2) is 27.9 Å². The Balaban J connectivity index is 1.87. The Kier molecular flexibility index (Phi) is 4.74. The molecular weight excluding hydrogens is 326 g/mol. The van der Waals surface area contributed by atoms with E-state index in [-0.39, 0.29) is 5.69 Å². The lowest BCUT2D eigenvalue weighted by atomic mass is 10.1. The number of rotatable bonds is 4. The van der Waals surface area contributed by atoms with Gasteiger partial charge in [-0.1, -0.05) is 30.3 Å². The standard InChI is InChI=1S/C18H16F2N4O/c1-24(18(25)23-15-10-13(19)9-14(20)11-15)16(17-21-7-8-22-17)12-5-3-2-4-6-12/h2-11,16H,1H3,(H,21,22)(H,23,25)/t16-/m1/s1. The van der Waals surface area contributed by atoms with E-state index in [1.54, 1.807) is 19.4 Å². The first-order valence-corrected chi connectivity index (χ1v) is 7.59. The summed E-state index contributed by atoms with van der Waals surface area (Å²) >= 11 is 0. The molecule has 0 aliphatic carbocycles. The van der Waals surface area contributed by atoms with Crippen molar-refractivity contribution in [2.45, 2.75) is 6.04 Å². The highest BCUT2D eigenvalue weighted by Gasteiger charge is 2.25. The number of benzene rings is 2. The lowest BCUT2D eigenvalue weighted by Gasteiger charge is -2.27. The number of anilines is 1. The molecule has 0 radical (unpaired) electrons. The molecule has 0 saturated heterocycles. The fourth-order valence-electron chi connectivity index (χ4n) is 2.58. The van der Waals surface area contributed by atoms with Crippen LogP contribution >= 0.6 is 0 Å². The molecule has 2 aromatic carbocycles. The Bertz CT molecular complexity index is 833. The van der Waals surface area contributed by atoms with Crippen LogP contribution in [0.2, 0.25) is 0 Å². The van der Waals surface area contributed by atoms with Gasteiger partial charge in [0.25, 0.3) is 0 Å². The zero-order valence-electron chi connectivity index (χ0n) is 13.4. The van der Waals surface area contributed by atoms with Gasteiger partial charge in [0.2, 0.25) is 0 Å². The summed E-state index contributed by atoms with van der Waals surface area (Å²) < 4.78 is 26.6. The van der Waals surface area contributed by atoms with Crippen molar-refractivity contribution in [3.05, 3.63) is 83.9 Å². The highest BCUT2D eigenvalue weighted by atomic mass is 19.1. The molecule has 0 saturated carbocycles. The molecule has 0 aliphatic heterocycles. The number of H-pyrrole nitrogens is 1. The maximum atomic E-state index is 13.3. The number of aromatic nitrogens is 2. The topological polar surface area (TPSA) is 61.0 Å². The van der Waals surface area contributed by atoms with Gasteiger partial charge in [-0.25, -0.2) is 18.6 Å². The number of nitrogens with one attached hydrogen (secondary N) is 2. The summed E-state index contributed by atoms with van der Waals surface area (Å²) in [6.45, 7) is 0. The van der Waals surface area contributed by atoms with Gasteiger partial charge in [-0.3, -0.25) is 0 Å². The number of imidazole rings is 1. The number of nitrogens with zero attached hydrogens (tertiary/aromatic N) is 2. The van der Waals surface area contributed by atoms with Gasteiger partial charge in [0, 0.05) is 31.2 Å². The quantitative estimate of drug-likeness (QED) is 0.754. The summed E-state index contributed by atoms with van der Waals surface area (Å²) in [7, 11) is 1.59. The van der Waals surface area contributed by atoms with Crippen molar-refractivity contribution < 1.29 is 13.6 Å². The number of hydrogen-bond donors (Lipinski definition) is 2. The number of hydrogen-bond acceptors (Lipinski definition) is 2. The van der Waals surface area contributed by atoms with Crippen LogP contribution in [-0.2, 0) is 0 Å². The van der Waals surface area contributed by atoms with Crippen LogP contribution < -0.4 is 5.32 Å². The second-order valence-electron chi connectivity index (χ2n) is 5.49. The molecule has 3 aromatic rings. The predicted molar refractivity (Wildman–Crippen MR) is 90.0 cm³/mol. The number of carbonyl (C=O) groups is 1. The molecule has 0 fully saturated rings. The Morgan fingerprint density at radius 3 is 2.44 bits per heavy atom. The van der Waals surface area contributed by atoms with Gasteiger partial charge in [0.15, 0.2) is 0 Å². The van der Waals surface area contributed by atoms with Crippen LogP contribution in [0.3, 0.4) is 0 Å². The molecule has 0 aliphatic rings. The fraction of sp³-hybridized carbons (Fsp3) is 0.111. The van der Waals surface area contributed by atoms with E-state index in [9.17, 15) is 13.6 Å². The van der Waals surface area contributed by atoms with E-state index >= 15 is 0 Å². The molecule has 7 heteroatoms. The van der Waals surface area contributed by atoms with Crippen molar-refractivity contribution in [2.24, 2.45) is 0 Å². The number of aromatic amines is 1. The summed E-state index contributed by atoms with van der Waals surface area (Å²) in [6.07, 6.45) is 3.26. The minimum Gasteiger partial charge on any atom is -0.347 e. The zero-order chi connectivity index (χ0) is 17.8. The Hall–Kier alpha value is -3.22. The van der Waals surface area contributed by atoms with Gasteiger partial charge in [0.1, 0.15) is 23.5 Å². The van der Waals surface area contributed by atoms with Crippen molar-refractivity contribution in [3.63, 3.8) is 0 Å². The number of carbonyl (C=O) groups excluding carboxylic acids is 1. The third-order valence-electron chi connectivity index (χ3n) is 3.72. The van der Waals surface area contributed by atoms with E-state index in [2.05, 4.69) is 15.3 Å². The summed E-state index contributed by atoms with van der Waals surface area (Å²) in [4.78, 5) is 21.2. The van der Waals surface area contributed by atoms with Crippen molar-refractivity contribution in [1.82, 2.24) is 14.9 Å². The zero-order valence-corrected chi connectivity index (χ0v) is 13.4. The third-order valence-corrected chi connectivity index (χ3v) is 3.72. The molecule has 2 amide bonds. The Morgan fingerprint density at radius 1 is 1.16 bits per heavy atom. The summed E-state index contributed by atoms with van der Waals surface area (Å²) in [5.41, 5.74) is 0.890. The fourth-order valence-corrected chi connectivity index (χ4v) is 2.58. The number of urea groups is 1. The molecule has 1 atom stereocenters. The number of halogens is 2. The molecule has 0 spiro atoms. The van der Waals surface area contributed by atoms with E-state index in [1.165, 1.54) is 4.90 Å². The van der Waals surface area contributed by atoms with Crippen LogP contribution in [0.5, 0.6) is 0 Å². The SMILES string of the molecule is CN(C(=O)Nc1cc(F)cc(F)c1)[C@H](c1ccccc1)c1ncc[nH]1. The van der Waals surface area contributed by atoms with Gasteiger partial charge < -0.3 is 15.2 Å². The monoisotopic (exact) mass is 342 g/mol. The minimum atomic E-state index is -0.761. The van der Waals surface area contributed by atoms with Gasteiger partial charge in [0.05, 0.1) is 0 Å². The molecule has 0 unspecified atom stereocenters. The van der Waals surface area contributed by atoms with Gasteiger partial charge in [-0.15, -0.1) is 0 Å². The van der Waals surface area contributed by atoms with Gasteiger partial charge in [-0.2, -0.15) is 0 Å². The first kappa shape index (κ1) is 16.6. The highest BCUT2D eigenvalue weighted by Crippen LogP contribution is 2.25. The van der Waals surface area contributed by atoms with Crippen molar-refractivity contribution in [1.29, 1.82) is 0 Å². The normalized spacial score (nSPS) is 11.8. The van der Waals surface area contributed by atoms with Crippen molar-refractivity contribution in [3.8, 4) is 0 Å². The van der Waals surface area contributed by atoms with Crippen LogP contribution in [0.1, 0.15) is 17.4 Å². The summed E-state index contributed by atoms with van der Waals surface area (Å²) in [5, 5.41) is 2.50. The predicted octanol–water partition coefficient (Wildman–Crippen LogP) is 3.94. The molecule has 0 bridgehead atoms. The Labute approximate surface area is 143 Å². The van der Waals surface area contributed by atoms with E-state index in [0.717, 1.165) is 23.8 Å². The number of amides is 2. The van der Waals surface area contributed by atoms with E-state index < -0.39 is 23.7 Å². The van der Waals surface area contributed by atoms with Crippen molar-refractivity contribution >= 4 is 11.7 Å². The van der Waals surface area contributed by atoms with E-state index in [1.807, 2.05) is 30.3 Å². The molecule has 3 rings (SSSR count). The largest absolute Gasteiger partial charge is 0.347 e. The smallest absolute Gasteiger partial charge is 0.322 e. The van der Waals surface area contributed by atoms with Crippen LogP contribution in [0.4, 0.5) is 19.3 Å². The lowest BCUT2D eigenvalue weighted by Crippen LogP contribution is -2.36. The van der Waals surface area contributed by atoms with Crippen LogP contribution in [0.25, 0.3) is 0 Å². The Morgan fingerprint density at radius 2 is 1.84 bits per heavy atom. The second-order valence-corrected chi connectivity index (χ2v) is 5.49. The minimum absolute atomic E-state index is 0.0422. The first-order chi connectivity index (χ1) is 12.0. The molecule has 5 nitrogen and oxygen atoms in total. The third kappa shape index (κ3) is 3.82. The highest BCUT2D eigenvalue weighted by molar-refractivity contribution is 5.89. The van der Waals surface area contributed by atoms with Gasteiger partial charge >= 0.3 is 6.03 Å². The van der Waals surface area contributed by atoms with Crippen molar-refractivity contribution in [2.75, 3.05) is 12.4 Å². The van der Waals surface area contributed by atoms with Crippen LogP contribution in [0, 0.1) is 11.6 Å². The second kappa shape index (κ2) is 7.12. The maximum Gasteiger partial charge on any atom is 0.322 e. The molecule has 1 aromatic heterocycles. The summed E-state index contributed by atoms with van der Waals surface area (Å²) in [6, 6.07) is 11.2. The maximum absolute atomic E-state index is 13.3. The van der Waals surface area contributed by atoms with Crippen LogP contribution in [0.15, 0.2) is 60.9 Å². The summed E-state index contributed by atoms with van der Waals surface area (Å²) in [5.74, 6) is -0.943. The molecular formula is C18H16F2N4O. The molecule has 2 N–H and O–H groups in total. The lowest BCUT2D eigenvalue weighted by molar-refractivity contribution is 0.210. The molecule has 128 valence electrons. The average molecular weight is 342 g/mol. The van der Waals surface area contributed by atoms with Gasteiger partial charge in [-0.05, 0) is 17.7 Å². The molecule has 25 heavy (non-hydrogen) atoms. The van der Waals surface area contributed by atoms with E-state index in [4.69, 9.17) is 0 Å². The average Bonchev–Trinajstić information content (AvgIpc) is 3.09. The first-order valence-electron chi connectivity index (χ1n) is 7.59. The molecule has 1 heterocycles.